The van der Waals surface area contributed by atoms with Gasteiger partial charge >= 0.3 is 11.9 Å². The largest absolute Gasteiger partial charge is 0.508 e. The quantitative estimate of drug-likeness (QED) is 0.0168. The summed E-state index contributed by atoms with van der Waals surface area (Å²) in [5, 5.41) is 47.4. The van der Waals surface area contributed by atoms with Crippen LogP contribution in [0.2, 0.25) is 0 Å². The standard InChI is InChI=1S/C58H96N18O15/c1-5-32(4)46(53(87)73-41(56(90)91)28-31(2)3)74-50(84)39(29-33-17-19-34(77)20-18-33)72-52(86)43-16-11-27-76(43)55(89)38(14-9-25-67-58(64)65)69-48(82)36(13-8-24-66-57(62)63)68-51(85)42-15-10-26-75(42)54(88)37(12-6-7-23-59)70-49(83)40(30-44(61)78)71-47(81)35(60)21-22-45(79)80/h17-20,31-32,35-43,46,77H,5-16,21-30,59-60H2,1-4H3,(H2,61,78)(H,68,85)(H,69,82)(H,70,83)(H,71,81)(H,72,86)(H,73,87)(H,74,84)(H,79,80)(H,90,91)(H4,62,63,66)(H4,64,65,67)/t32-,35-,36-,37-,38-,39-,40-,41-,42-,43-,46-/m0/s1. The Labute approximate surface area is 528 Å². The number of guanidine groups is 2. The number of nitrogens with zero attached hydrogens (tertiary/aromatic N) is 4. The van der Waals surface area contributed by atoms with E-state index < -0.39 is 150 Å². The van der Waals surface area contributed by atoms with E-state index in [1.54, 1.807) is 27.7 Å². The number of amides is 10. The minimum absolute atomic E-state index is 0.00214. The van der Waals surface area contributed by atoms with Crippen molar-refractivity contribution in [3.05, 3.63) is 29.8 Å². The van der Waals surface area contributed by atoms with E-state index >= 15 is 0 Å². The molecule has 2 aliphatic rings. The maximum Gasteiger partial charge on any atom is 0.326 e. The molecule has 3 rings (SSSR count). The molecule has 2 aliphatic heterocycles. The second kappa shape index (κ2) is 38.6. The van der Waals surface area contributed by atoms with Crippen LogP contribution in [-0.2, 0) is 64.0 Å². The minimum Gasteiger partial charge on any atom is -0.508 e. The zero-order valence-corrected chi connectivity index (χ0v) is 52.4. The Kier molecular flexibility index (Phi) is 32.4. The molecule has 2 heterocycles. The number of benzene rings is 1. The van der Waals surface area contributed by atoms with Crippen LogP contribution in [0.15, 0.2) is 34.3 Å². The van der Waals surface area contributed by atoms with E-state index in [0.29, 0.717) is 37.7 Å². The maximum absolute atomic E-state index is 14.9. The molecule has 2 fully saturated rings. The molecule has 1 aromatic carbocycles. The molecule has 2 saturated heterocycles. The summed E-state index contributed by atoms with van der Waals surface area (Å²) >= 11 is 0. The summed E-state index contributed by atoms with van der Waals surface area (Å²) in [7, 11) is 0. The highest BCUT2D eigenvalue weighted by Gasteiger charge is 2.43. The number of carbonyl (C=O) groups is 12. The second-order valence-corrected chi connectivity index (χ2v) is 23.3. The van der Waals surface area contributed by atoms with E-state index in [1.807, 2.05) is 0 Å². The van der Waals surface area contributed by atoms with Crippen molar-refractivity contribution in [2.45, 2.75) is 197 Å². The third-order valence-corrected chi connectivity index (χ3v) is 15.5. The molecule has 33 nitrogen and oxygen atoms in total. The Hall–Kier alpha value is -8.88. The summed E-state index contributed by atoms with van der Waals surface area (Å²) in [5.41, 5.74) is 39.9. The molecule has 0 radical (unpaired) electrons. The number of rotatable bonds is 40. The van der Waals surface area contributed by atoms with Crippen LogP contribution in [0.5, 0.6) is 5.75 Å². The first-order valence-electron chi connectivity index (χ1n) is 30.8. The van der Waals surface area contributed by atoms with Crippen LogP contribution in [0.3, 0.4) is 0 Å². The molecule has 0 saturated carbocycles. The highest BCUT2D eigenvalue weighted by Crippen LogP contribution is 2.24. The number of hydrogen-bond donors (Lipinski definition) is 17. The van der Waals surface area contributed by atoms with Crippen LogP contribution in [0.4, 0.5) is 0 Å². The fraction of sp³-hybridized carbons (Fsp3) is 0.655. The lowest BCUT2D eigenvalue weighted by atomic mass is 9.96. The average molecular weight is 1290 g/mol. The Morgan fingerprint density at radius 2 is 1.05 bits per heavy atom. The molecule has 0 spiro atoms. The first kappa shape index (κ1) is 76.4. The first-order chi connectivity index (χ1) is 43.0. The van der Waals surface area contributed by atoms with Crippen LogP contribution >= 0.6 is 0 Å². The fourth-order valence-corrected chi connectivity index (χ4v) is 10.5. The van der Waals surface area contributed by atoms with Gasteiger partial charge in [0, 0.05) is 39.0 Å². The minimum atomic E-state index is -1.64. The molecule has 91 heavy (non-hydrogen) atoms. The van der Waals surface area contributed by atoms with Crippen LogP contribution in [0, 0.1) is 11.8 Å². The molecule has 24 N–H and O–H groups in total. The van der Waals surface area contributed by atoms with Crippen molar-refractivity contribution in [1.82, 2.24) is 47.0 Å². The summed E-state index contributed by atoms with van der Waals surface area (Å²) in [6, 6.07) is -7.70. The third kappa shape index (κ3) is 26.2. The fourth-order valence-electron chi connectivity index (χ4n) is 10.5. The van der Waals surface area contributed by atoms with Crippen LogP contribution < -0.4 is 77.4 Å². The number of aliphatic carboxylic acids is 2. The molecule has 0 unspecified atom stereocenters. The number of carboxylic acid groups (broad SMARTS) is 2. The van der Waals surface area contributed by atoms with Crippen LogP contribution in [0.25, 0.3) is 0 Å². The Morgan fingerprint density at radius 1 is 0.582 bits per heavy atom. The highest BCUT2D eigenvalue weighted by molar-refractivity contribution is 5.99. The van der Waals surface area contributed by atoms with Gasteiger partial charge in [-0.05, 0) is 120 Å². The Morgan fingerprint density at radius 3 is 1.53 bits per heavy atom. The SMILES string of the molecule is CC[C@H](C)[C@H](NC(=O)[C@H](Cc1ccc(O)cc1)NC(=O)[C@@H]1CCCN1C(=O)[C@H](CCCN=C(N)N)NC(=O)[C@H](CCCN=C(N)N)NC(=O)[C@@H]1CCCN1C(=O)[C@H](CCCCN)NC(=O)[C@H](CC(N)=O)NC(=O)[C@@H](N)CCC(=O)O)C(=O)N[C@@H](CC(C)C)C(=O)O. The number of hydrogen-bond acceptors (Lipinski definition) is 17. The van der Waals surface area contributed by atoms with E-state index in [2.05, 4.69) is 47.2 Å². The van der Waals surface area contributed by atoms with Gasteiger partial charge in [0.25, 0.3) is 0 Å². The summed E-state index contributed by atoms with van der Waals surface area (Å²) in [4.78, 5) is 174. The van der Waals surface area contributed by atoms with Gasteiger partial charge in [-0.1, -0.05) is 46.2 Å². The van der Waals surface area contributed by atoms with Crippen LogP contribution in [0.1, 0.15) is 136 Å². The van der Waals surface area contributed by atoms with Crippen molar-refractivity contribution in [3.63, 3.8) is 0 Å². The maximum atomic E-state index is 14.9. The van der Waals surface area contributed by atoms with E-state index in [1.165, 1.54) is 34.1 Å². The number of phenols is 1. The molecule has 0 bridgehead atoms. The summed E-state index contributed by atoms with van der Waals surface area (Å²) in [6.07, 6.45) is 0.333. The van der Waals surface area contributed by atoms with Crippen LogP contribution in [-0.4, -0.2) is 201 Å². The predicted molar refractivity (Wildman–Crippen MR) is 333 cm³/mol. The molecule has 1 aromatic rings. The first-order valence-corrected chi connectivity index (χ1v) is 30.8. The smallest absolute Gasteiger partial charge is 0.326 e. The van der Waals surface area contributed by atoms with Gasteiger partial charge in [-0.2, -0.15) is 0 Å². The van der Waals surface area contributed by atoms with Gasteiger partial charge in [-0.15, -0.1) is 0 Å². The number of aliphatic imine (C=N–C) groups is 2. The van der Waals surface area contributed by atoms with E-state index in [9.17, 15) is 67.7 Å². The number of unbranched alkanes of at least 4 members (excludes halogenated alkanes) is 1. The van der Waals surface area contributed by atoms with Gasteiger partial charge in [0.15, 0.2) is 11.9 Å². The highest BCUT2D eigenvalue weighted by atomic mass is 16.4. The number of phenolic OH excluding ortho intramolecular Hbond substituents is 1. The number of nitrogens with one attached hydrogen (secondary N) is 7. The zero-order valence-electron chi connectivity index (χ0n) is 52.4. The van der Waals surface area contributed by atoms with Crippen molar-refractivity contribution < 1.29 is 72.9 Å². The summed E-state index contributed by atoms with van der Waals surface area (Å²) in [5.74, 6) is -12.1. The van der Waals surface area contributed by atoms with E-state index in [0.717, 1.165) is 0 Å². The van der Waals surface area contributed by atoms with Gasteiger partial charge in [0.05, 0.1) is 12.5 Å². The summed E-state index contributed by atoms with van der Waals surface area (Å²) < 4.78 is 0. The van der Waals surface area contributed by atoms with Gasteiger partial charge < -0.3 is 102 Å². The van der Waals surface area contributed by atoms with Gasteiger partial charge in [0.2, 0.25) is 59.1 Å². The van der Waals surface area contributed by atoms with Crippen molar-refractivity contribution in [2.75, 3.05) is 32.7 Å². The molecule has 11 atom stereocenters. The van der Waals surface area contributed by atoms with Crippen molar-refractivity contribution in [1.29, 1.82) is 0 Å². The van der Waals surface area contributed by atoms with Crippen molar-refractivity contribution in [3.8, 4) is 5.75 Å². The normalized spacial score (nSPS) is 17.4. The number of likely N-dealkylation sites (tertiary alicyclic amines) is 2. The molecule has 0 aromatic heterocycles. The molecular formula is C58H96N18O15. The monoisotopic (exact) mass is 1280 g/mol. The third-order valence-electron chi connectivity index (χ3n) is 15.5. The number of aromatic hydroxyl groups is 1. The van der Waals surface area contributed by atoms with Gasteiger partial charge in [0.1, 0.15) is 60.1 Å². The molecule has 33 heteroatoms. The van der Waals surface area contributed by atoms with Crippen molar-refractivity contribution >= 4 is 82.9 Å². The molecular weight excluding hydrogens is 1190 g/mol. The number of nitrogens with two attached hydrogens (primary N) is 7. The van der Waals surface area contributed by atoms with E-state index in [4.69, 9.17) is 45.2 Å². The Balaban J connectivity index is 1.98. The second-order valence-electron chi connectivity index (χ2n) is 23.3. The lowest BCUT2D eigenvalue weighted by Gasteiger charge is -2.32. The lowest BCUT2D eigenvalue weighted by Crippen LogP contribution is -2.61. The van der Waals surface area contributed by atoms with Crippen molar-refractivity contribution in [2.24, 2.45) is 62.0 Å². The summed E-state index contributed by atoms with van der Waals surface area (Å²) in [6.45, 7) is 7.32. The molecule has 10 amide bonds. The molecule has 508 valence electrons. The van der Waals surface area contributed by atoms with Gasteiger partial charge in [-0.3, -0.25) is 62.7 Å². The zero-order chi connectivity index (χ0) is 68.1. The van der Waals surface area contributed by atoms with E-state index in [-0.39, 0.29) is 121 Å². The number of carboxylic acids is 2. The number of carbonyl (C=O) groups excluding carboxylic acids is 10. The number of primary amides is 1. The average Bonchev–Trinajstić information content (AvgIpc) is 1.95. The topological polar surface area (TPSA) is 563 Å². The van der Waals surface area contributed by atoms with Gasteiger partial charge in [-0.25, -0.2) is 4.79 Å². The predicted octanol–water partition coefficient (Wildman–Crippen LogP) is -4.21. The Bertz CT molecular complexity index is 2730. The lowest BCUT2D eigenvalue weighted by molar-refractivity contribution is -0.144. The molecule has 0 aliphatic carbocycles.